The van der Waals surface area contributed by atoms with Gasteiger partial charge in [0, 0.05) is 11.6 Å². The number of nitrogens with one attached hydrogen (secondary N) is 1. The highest BCUT2D eigenvalue weighted by atomic mass is 32.2. The molecule has 0 saturated heterocycles. The van der Waals surface area contributed by atoms with Crippen molar-refractivity contribution in [1.29, 1.82) is 0 Å². The molecule has 2 rings (SSSR count). The van der Waals surface area contributed by atoms with Gasteiger partial charge in [-0.1, -0.05) is 35.6 Å². The Morgan fingerprint density at radius 3 is 2.75 bits per heavy atom. The molecule has 0 aliphatic carbocycles. The van der Waals surface area contributed by atoms with Gasteiger partial charge in [-0.3, -0.25) is 0 Å². The van der Waals surface area contributed by atoms with Gasteiger partial charge in [-0.2, -0.15) is 0 Å². The molecule has 0 aliphatic rings. The van der Waals surface area contributed by atoms with Crippen molar-refractivity contribution >= 4 is 27.2 Å². The largest absolute Gasteiger partial charge is 0.389 e. The first-order valence-electron chi connectivity index (χ1n) is 5.71. The van der Waals surface area contributed by atoms with E-state index < -0.39 is 10.0 Å². The van der Waals surface area contributed by atoms with Gasteiger partial charge in [-0.25, -0.2) is 13.1 Å². The van der Waals surface area contributed by atoms with Gasteiger partial charge in [0.25, 0.3) is 0 Å². The molecular formula is C12H13N3O3S2. The van der Waals surface area contributed by atoms with E-state index in [1.165, 1.54) is 6.07 Å². The van der Waals surface area contributed by atoms with Gasteiger partial charge >= 0.3 is 0 Å². The third-order valence-electron chi connectivity index (χ3n) is 2.56. The molecule has 2 aromatic rings. The lowest BCUT2D eigenvalue weighted by Gasteiger charge is -2.09. The topological polar surface area (TPSA) is 98.2 Å². The first-order valence-corrected chi connectivity index (χ1v) is 7.60. The Balaban J connectivity index is 2.25. The van der Waals surface area contributed by atoms with Crippen LogP contribution in [0.1, 0.15) is 17.0 Å². The predicted molar refractivity (Wildman–Crippen MR) is 77.6 cm³/mol. The molecule has 0 aliphatic heterocycles. The maximum absolute atomic E-state index is 12.2. The predicted octanol–water partition coefficient (Wildman–Crippen LogP) is 1.10. The van der Waals surface area contributed by atoms with Crippen LogP contribution in [-0.2, 0) is 16.6 Å². The molecule has 0 radical (unpaired) electrons. The number of hydrogen-bond acceptors (Lipinski definition) is 5. The average Bonchev–Trinajstić information content (AvgIpc) is 2.82. The molecule has 0 fully saturated rings. The van der Waals surface area contributed by atoms with Crippen molar-refractivity contribution in [3.8, 4) is 0 Å². The zero-order valence-corrected chi connectivity index (χ0v) is 12.3. The summed E-state index contributed by atoms with van der Waals surface area (Å²) in [6, 6.07) is 7.95. The average molecular weight is 311 g/mol. The van der Waals surface area contributed by atoms with Crippen molar-refractivity contribution in [2.24, 2.45) is 5.73 Å². The fourth-order valence-electron chi connectivity index (χ4n) is 1.65. The zero-order chi connectivity index (χ0) is 14.8. The molecular weight excluding hydrogens is 298 g/mol. The van der Waals surface area contributed by atoms with E-state index in [2.05, 4.69) is 9.88 Å². The maximum Gasteiger partial charge on any atom is 0.241 e. The van der Waals surface area contributed by atoms with Crippen molar-refractivity contribution in [2.75, 3.05) is 0 Å². The number of rotatable bonds is 5. The molecule has 6 nitrogen and oxygen atoms in total. The normalized spacial score (nSPS) is 11.4. The van der Waals surface area contributed by atoms with Crippen LogP contribution in [0.2, 0.25) is 0 Å². The summed E-state index contributed by atoms with van der Waals surface area (Å²) in [6.45, 7) is 1.76. The van der Waals surface area contributed by atoms with Gasteiger partial charge in [0.05, 0.1) is 17.1 Å². The number of aromatic nitrogens is 1. The Morgan fingerprint density at radius 2 is 2.15 bits per heavy atom. The van der Waals surface area contributed by atoms with Crippen LogP contribution in [0.25, 0.3) is 0 Å². The van der Waals surface area contributed by atoms with E-state index in [1.54, 1.807) is 31.2 Å². The maximum atomic E-state index is 12.2. The van der Waals surface area contributed by atoms with Crippen LogP contribution in [0.3, 0.4) is 0 Å². The summed E-state index contributed by atoms with van der Waals surface area (Å²) < 4.78 is 31.9. The number of benzene rings is 1. The third kappa shape index (κ3) is 3.21. The molecule has 0 unspecified atom stereocenters. The van der Waals surface area contributed by atoms with Crippen LogP contribution in [0.15, 0.2) is 39.8 Å². The highest BCUT2D eigenvalue weighted by Crippen LogP contribution is 2.15. The standard InChI is InChI=1S/C12H13N3O3S2/c1-8-6-9(18-15-8)7-14-20(16,17)11-5-3-2-4-10(11)12(13)19/h2-6,14H,7H2,1H3,(H2,13,19). The monoisotopic (exact) mass is 311 g/mol. The minimum absolute atomic E-state index is 0.00877. The molecule has 1 aromatic carbocycles. The number of thiocarbonyl (C=S) groups is 1. The van der Waals surface area contributed by atoms with Crippen molar-refractivity contribution < 1.29 is 12.9 Å². The van der Waals surface area contributed by atoms with Crippen LogP contribution in [0, 0.1) is 6.92 Å². The quantitative estimate of drug-likeness (QED) is 0.802. The van der Waals surface area contributed by atoms with E-state index in [1.807, 2.05) is 0 Å². The van der Waals surface area contributed by atoms with Gasteiger partial charge in [0.2, 0.25) is 10.0 Å². The zero-order valence-electron chi connectivity index (χ0n) is 10.7. The Hall–Kier alpha value is -1.77. The summed E-state index contributed by atoms with van der Waals surface area (Å²) in [5.74, 6) is 0.430. The van der Waals surface area contributed by atoms with Gasteiger partial charge < -0.3 is 10.3 Å². The van der Waals surface area contributed by atoms with Crippen LogP contribution >= 0.6 is 12.2 Å². The van der Waals surface area contributed by atoms with Gasteiger partial charge in [0.15, 0.2) is 5.76 Å². The van der Waals surface area contributed by atoms with Crippen molar-refractivity contribution in [2.45, 2.75) is 18.4 Å². The molecule has 0 amide bonds. The van der Waals surface area contributed by atoms with Crippen molar-refractivity contribution in [3.63, 3.8) is 0 Å². The Bertz CT molecular complexity index is 738. The molecule has 1 aromatic heterocycles. The second-order valence-electron chi connectivity index (χ2n) is 4.12. The fourth-order valence-corrected chi connectivity index (χ4v) is 3.10. The minimum Gasteiger partial charge on any atom is -0.389 e. The summed E-state index contributed by atoms with van der Waals surface area (Å²) in [5, 5.41) is 3.69. The lowest BCUT2D eigenvalue weighted by molar-refractivity contribution is 0.377. The van der Waals surface area contributed by atoms with Gasteiger partial charge in [-0.15, -0.1) is 0 Å². The van der Waals surface area contributed by atoms with Crippen LogP contribution in [-0.4, -0.2) is 18.6 Å². The minimum atomic E-state index is -3.73. The summed E-state index contributed by atoms with van der Waals surface area (Å²) in [4.78, 5) is 0.0743. The van der Waals surface area contributed by atoms with E-state index in [-0.39, 0.29) is 16.4 Å². The molecule has 0 saturated carbocycles. The SMILES string of the molecule is Cc1cc(CNS(=O)(=O)c2ccccc2C(N)=S)on1. The fraction of sp³-hybridized carbons (Fsp3) is 0.167. The van der Waals surface area contributed by atoms with Gasteiger partial charge in [0.1, 0.15) is 4.99 Å². The van der Waals surface area contributed by atoms with Crippen LogP contribution < -0.4 is 10.5 Å². The number of hydrogen-bond donors (Lipinski definition) is 2. The van der Waals surface area contributed by atoms with E-state index in [9.17, 15) is 8.42 Å². The highest BCUT2D eigenvalue weighted by molar-refractivity contribution is 7.89. The second-order valence-corrected chi connectivity index (χ2v) is 6.29. The first kappa shape index (κ1) is 14.6. The van der Waals surface area contributed by atoms with E-state index >= 15 is 0 Å². The van der Waals surface area contributed by atoms with Crippen LogP contribution in [0.5, 0.6) is 0 Å². The van der Waals surface area contributed by atoms with E-state index in [0.717, 1.165) is 0 Å². The van der Waals surface area contributed by atoms with E-state index in [0.29, 0.717) is 17.0 Å². The van der Waals surface area contributed by atoms with Crippen molar-refractivity contribution in [3.05, 3.63) is 47.3 Å². The number of nitrogens with zero attached hydrogens (tertiary/aromatic N) is 1. The number of sulfonamides is 1. The summed E-state index contributed by atoms with van der Waals surface area (Å²) >= 11 is 4.86. The van der Waals surface area contributed by atoms with Gasteiger partial charge in [-0.05, 0) is 13.0 Å². The molecule has 3 N–H and O–H groups in total. The lowest BCUT2D eigenvalue weighted by Crippen LogP contribution is -2.26. The molecule has 8 heteroatoms. The Labute approximate surface area is 122 Å². The summed E-state index contributed by atoms with van der Waals surface area (Å²) in [5.41, 5.74) is 6.52. The second kappa shape index (κ2) is 5.70. The lowest BCUT2D eigenvalue weighted by atomic mass is 10.2. The molecule has 0 spiro atoms. The smallest absolute Gasteiger partial charge is 0.241 e. The highest BCUT2D eigenvalue weighted by Gasteiger charge is 2.19. The van der Waals surface area contributed by atoms with Crippen molar-refractivity contribution in [1.82, 2.24) is 9.88 Å². The summed E-state index contributed by atoms with van der Waals surface area (Å²) in [7, 11) is -3.73. The molecule has 0 atom stereocenters. The first-order chi connectivity index (χ1) is 9.40. The third-order valence-corrected chi connectivity index (χ3v) is 4.23. The Morgan fingerprint density at radius 1 is 1.45 bits per heavy atom. The van der Waals surface area contributed by atoms with E-state index in [4.69, 9.17) is 22.5 Å². The molecule has 0 bridgehead atoms. The number of nitrogens with two attached hydrogens (primary N) is 1. The van der Waals surface area contributed by atoms with Crippen LogP contribution in [0.4, 0.5) is 0 Å². The molecule has 106 valence electrons. The summed E-state index contributed by atoms with van der Waals surface area (Å²) in [6.07, 6.45) is 0. The molecule has 1 heterocycles. The Kier molecular flexibility index (Phi) is 4.17. The number of aryl methyl sites for hydroxylation is 1. The molecule has 20 heavy (non-hydrogen) atoms.